The number of nitrogens with zero attached hydrogens (tertiary/aromatic N) is 3. The highest BCUT2D eigenvalue weighted by atomic mass is 15.2. The first-order valence-corrected chi connectivity index (χ1v) is 7.02. The van der Waals surface area contributed by atoms with Crippen LogP contribution < -0.4 is 10.6 Å². The van der Waals surface area contributed by atoms with Gasteiger partial charge in [0.15, 0.2) is 0 Å². The van der Waals surface area contributed by atoms with Gasteiger partial charge in [0.2, 0.25) is 0 Å². The Labute approximate surface area is 119 Å². The Morgan fingerprint density at radius 2 is 1.95 bits per heavy atom. The summed E-state index contributed by atoms with van der Waals surface area (Å²) in [5.41, 5.74) is 10.7. The van der Waals surface area contributed by atoms with Gasteiger partial charge in [-0.2, -0.15) is 0 Å². The quantitative estimate of drug-likeness (QED) is 0.905. The summed E-state index contributed by atoms with van der Waals surface area (Å²) in [6, 6.07) is 8.86. The van der Waals surface area contributed by atoms with E-state index in [1.807, 2.05) is 20.0 Å². The Balaban J connectivity index is 1.97. The van der Waals surface area contributed by atoms with Crippen molar-refractivity contribution in [2.75, 3.05) is 11.4 Å². The molecule has 3 rings (SSSR count). The van der Waals surface area contributed by atoms with Crippen molar-refractivity contribution in [3.63, 3.8) is 0 Å². The van der Waals surface area contributed by atoms with Gasteiger partial charge in [-0.1, -0.05) is 24.3 Å². The molecular weight excluding hydrogens is 248 g/mol. The summed E-state index contributed by atoms with van der Waals surface area (Å²) in [5.74, 6) is 0.929. The van der Waals surface area contributed by atoms with Crippen LogP contribution in [0, 0.1) is 13.8 Å². The number of rotatable bonds is 2. The number of aryl methyl sites for hydroxylation is 2. The van der Waals surface area contributed by atoms with Crippen molar-refractivity contribution in [3.8, 4) is 0 Å². The summed E-state index contributed by atoms with van der Waals surface area (Å²) in [5, 5.41) is 0. The van der Waals surface area contributed by atoms with Gasteiger partial charge in [0.25, 0.3) is 0 Å². The fourth-order valence-electron chi connectivity index (χ4n) is 2.73. The number of anilines is 1. The second kappa shape index (κ2) is 5.21. The Morgan fingerprint density at radius 3 is 2.65 bits per heavy atom. The minimum absolute atomic E-state index is 0.293. The Hall–Kier alpha value is -1.94. The molecule has 1 atom stereocenters. The molecule has 2 heterocycles. The smallest absolute Gasteiger partial charge is 0.148 e. The summed E-state index contributed by atoms with van der Waals surface area (Å²) >= 11 is 0. The van der Waals surface area contributed by atoms with Gasteiger partial charge in [0.05, 0.1) is 17.6 Å². The van der Waals surface area contributed by atoms with Gasteiger partial charge in [0, 0.05) is 19.1 Å². The van der Waals surface area contributed by atoms with Crippen LogP contribution in [0.5, 0.6) is 0 Å². The zero-order chi connectivity index (χ0) is 14.1. The Kier molecular flexibility index (Phi) is 3.40. The van der Waals surface area contributed by atoms with Gasteiger partial charge in [-0.3, -0.25) is 4.98 Å². The highest BCUT2D eigenvalue weighted by molar-refractivity contribution is 5.45. The first-order chi connectivity index (χ1) is 9.69. The van der Waals surface area contributed by atoms with E-state index >= 15 is 0 Å². The van der Waals surface area contributed by atoms with E-state index in [0.29, 0.717) is 12.6 Å². The fraction of sp³-hybridized carbons (Fsp3) is 0.375. The van der Waals surface area contributed by atoms with Crippen molar-refractivity contribution < 1.29 is 0 Å². The molecule has 1 aliphatic rings. The minimum Gasteiger partial charge on any atom is -0.346 e. The average Bonchev–Trinajstić information content (AvgIpc) is 2.48. The number of aromatic nitrogens is 2. The van der Waals surface area contributed by atoms with Crippen molar-refractivity contribution in [1.29, 1.82) is 0 Å². The first-order valence-electron chi connectivity index (χ1n) is 7.02. The van der Waals surface area contributed by atoms with Gasteiger partial charge in [-0.05, 0) is 31.4 Å². The Bertz CT molecular complexity index is 624. The summed E-state index contributed by atoms with van der Waals surface area (Å²) in [6.45, 7) is 5.47. The summed E-state index contributed by atoms with van der Waals surface area (Å²) < 4.78 is 0. The lowest BCUT2D eigenvalue weighted by Gasteiger charge is -2.37. The largest absolute Gasteiger partial charge is 0.346 e. The molecule has 1 aromatic heterocycles. The maximum atomic E-state index is 5.97. The predicted octanol–water partition coefficient (Wildman–Crippen LogP) is 1.98. The second-order valence-electron chi connectivity index (χ2n) is 5.39. The lowest BCUT2D eigenvalue weighted by atomic mass is 9.94. The predicted molar refractivity (Wildman–Crippen MR) is 80.7 cm³/mol. The molecule has 2 aromatic rings. The van der Waals surface area contributed by atoms with Crippen molar-refractivity contribution in [2.45, 2.75) is 32.9 Å². The topological polar surface area (TPSA) is 55.0 Å². The van der Waals surface area contributed by atoms with Crippen LogP contribution >= 0.6 is 0 Å². The molecule has 1 unspecified atom stereocenters. The molecule has 0 fully saturated rings. The molecule has 2 N–H and O–H groups in total. The van der Waals surface area contributed by atoms with E-state index in [-0.39, 0.29) is 0 Å². The van der Waals surface area contributed by atoms with Crippen LogP contribution in [0.3, 0.4) is 0 Å². The number of hydrogen-bond acceptors (Lipinski definition) is 4. The van der Waals surface area contributed by atoms with Gasteiger partial charge >= 0.3 is 0 Å². The molecule has 0 spiro atoms. The summed E-state index contributed by atoms with van der Waals surface area (Å²) in [4.78, 5) is 11.4. The van der Waals surface area contributed by atoms with E-state index in [2.05, 4.69) is 39.1 Å². The third-order valence-corrected chi connectivity index (χ3v) is 4.10. The molecule has 104 valence electrons. The molecular formula is C16H20N4. The zero-order valence-corrected chi connectivity index (χ0v) is 12.0. The lowest BCUT2D eigenvalue weighted by molar-refractivity contribution is 0.554. The summed E-state index contributed by atoms with van der Waals surface area (Å²) in [6.07, 6.45) is 2.83. The van der Waals surface area contributed by atoms with Crippen LogP contribution in [0.2, 0.25) is 0 Å². The van der Waals surface area contributed by atoms with Crippen LogP contribution in [0.25, 0.3) is 0 Å². The number of fused-ring (bicyclic) bond motifs is 1. The molecule has 1 aliphatic heterocycles. The fourth-order valence-corrected chi connectivity index (χ4v) is 2.73. The minimum atomic E-state index is 0.293. The molecule has 4 heteroatoms. The molecule has 20 heavy (non-hydrogen) atoms. The normalized spacial score (nSPS) is 17.9. The first kappa shape index (κ1) is 13.1. The highest BCUT2D eigenvalue weighted by Gasteiger charge is 2.26. The SMILES string of the molecule is Cc1ncc(N2Cc3ccccc3CC2CN)nc1C. The van der Waals surface area contributed by atoms with Crippen molar-refractivity contribution in [3.05, 3.63) is 53.0 Å². The maximum absolute atomic E-state index is 5.97. The molecule has 1 aromatic carbocycles. The second-order valence-corrected chi connectivity index (χ2v) is 5.39. The molecule has 0 saturated heterocycles. The average molecular weight is 268 g/mol. The maximum Gasteiger partial charge on any atom is 0.148 e. The van der Waals surface area contributed by atoms with E-state index in [0.717, 1.165) is 30.2 Å². The third-order valence-electron chi connectivity index (χ3n) is 4.10. The zero-order valence-electron chi connectivity index (χ0n) is 12.0. The van der Waals surface area contributed by atoms with Gasteiger partial charge in [-0.25, -0.2) is 4.98 Å². The Morgan fingerprint density at radius 1 is 1.20 bits per heavy atom. The highest BCUT2D eigenvalue weighted by Crippen LogP contribution is 2.26. The van der Waals surface area contributed by atoms with Crippen LogP contribution in [0.15, 0.2) is 30.5 Å². The molecule has 0 aliphatic carbocycles. The van der Waals surface area contributed by atoms with E-state index in [4.69, 9.17) is 5.73 Å². The molecule has 0 amide bonds. The van der Waals surface area contributed by atoms with Crippen LogP contribution in [0.4, 0.5) is 5.82 Å². The standard InChI is InChI=1S/C16H20N4/c1-11-12(2)19-16(9-18-11)20-10-14-6-4-3-5-13(14)7-15(20)8-17/h3-6,9,15H,7-8,10,17H2,1-2H3. The number of hydrogen-bond donors (Lipinski definition) is 1. The molecule has 4 nitrogen and oxygen atoms in total. The van der Waals surface area contributed by atoms with Crippen LogP contribution in [0.1, 0.15) is 22.5 Å². The van der Waals surface area contributed by atoms with Crippen molar-refractivity contribution in [2.24, 2.45) is 5.73 Å². The summed E-state index contributed by atoms with van der Waals surface area (Å²) in [7, 11) is 0. The van der Waals surface area contributed by atoms with E-state index < -0.39 is 0 Å². The third kappa shape index (κ3) is 2.27. The van der Waals surface area contributed by atoms with Crippen LogP contribution in [-0.2, 0) is 13.0 Å². The van der Waals surface area contributed by atoms with Gasteiger partial charge in [-0.15, -0.1) is 0 Å². The van der Waals surface area contributed by atoms with E-state index in [1.54, 1.807) is 0 Å². The van der Waals surface area contributed by atoms with Crippen LogP contribution in [-0.4, -0.2) is 22.6 Å². The molecule has 0 saturated carbocycles. The van der Waals surface area contributed by atoms with Gasteiger partial charge < -0.3 is 10.6 Å². The molecule has 0 bridgehead atoms. The van der Waals surface area contributed by atoms with Crippen molar-refractivity contribution >= 4 is 5.82 Å². The lowest BCUT2D eigenvalue weighted by Crippen LogP contribution is -2.45. The number of benzene rings is 1. The van der Waals surface area contributed by atoms with Crippen molar-refractivity contribution in [1.82, 2.24) is 9.97 Å². The monoisotopic (exact) mass is 268 g/mol. The van der Waals surface area contributed by atoms with E-state index in [1.165, 1.54) is 11.1 Å². The van der Waals surface area contributed by atoms with E-state index in [9.17, 15) is 0 Å². The molecule has 0 radical (unpaired) electrons. The number of nitrogens with two attached hydrogens (primary N) is 1. The van der Waals surface area contributed by atoms with Gasteiger partial charge in [0.1, 0.15) is 5.82 Å².